The second-order valence-electron chi connectivity index (χ2n) is 4.89. The van der Waals surface area contributed by atoms with Crippen LogP contribution in [0.15, 0.2) is 35.3 Å². The number of nitrogens with two attached hydrogens (primary N) is 1. The van der Waals surface area contributed by atoms with Gasteiger partial charge in [-0.25, -0.2) is 0 Å². The van der Waals surface area contributed by atoms with Gasteiger partial charge in [0, 0.05) is 18.8 Å². The molecule has 0 aliphatic heterocycles. The number of rotatable bonds is 6. The summed E-state index contributed by atoms with van der Waals surface area (Å²) in [6, 6.07) is 9.83. The molecule has 1 aliphatic rings. The van der Waals surface area contributed by atoms with Gasteiger partial charge in [-0.2, -0.15) is 0 Å². The highest BCUT2D eigenvalue weighted by Gasteiger charge is 2.14. The van der Waals surface area contributed by atoms with E-state index in [0.717, 1.165) is 18.7 Å². The van der Waals surface area contributed by atoms with Crippen LogP contribution in [0.4, 0.5) is 5.69 Å². The average molecular weight is 261 g/mol. The highest BCUT2D eigenvalue weighted by Crippen LogP contribution is 2.20. The van der Waals surface area contributed by atoms with Crippen molar-refractivity contribution in [1.29, 1.82) is 0 Å². The van der Waals surface area contributed by atoms with Crippen molar-refractivity contribution in [2.75, 3.05) is 18.5 Å². The largest absolute Gasteiger partial charge is 0.378 e. The van der Waals surface area contributed by atoms with E-state index in [4.69, 9.17) is 10.5 Å². The summed E-state index contributed by atoms with van der Waals surface area (Å²) in [6.45, 7) is 1.49. The van der Waals surface area contributed by atoms with Gasteiger partial charge in [0.2, 0.25) is 0 Å². The smallest absolute Gasteiger partial charge is 0.193 e. The number of hydrogen-bond acceptors (Lipinski definition) is 2. The number of anilines is 1. The molecule has 0 atom stereocenters. The van der Waals surface area contributed by atoms with Crippen LogP contribution < -0.4 is 11.1 Å². The van der Waals surface area contributed by atoms with Crippen LogP contribution in [0.2, 0.25) is 0 Å². The highest BCUT2D eigenvalue weighted by molar-refractivity contribution is 5.92. The molecule has 1 fully saturated rings. The minimum absolute atomic E-state index is 0.465. The molecule has 0 unspecified atom stereocenters. The Balaban J connectivity index is 1.59. The standard InChI is InChI=1S/C15H23N3O/c16-15(18-13-7-2-1-3-8-13)17-11-6-12-19-14-9-4-5-10-14/h1-3,7-8,14H,4-6,9-12H2,(H3,16,17,18). The molecule has 104 valence electrons. The number of aliphatic imine (C=N–C) groups is 1. The molecule has 0 heterocycles. The maximum atomic E-state index is 5.81. The Hall–Kier alpha value is -1.55. The molecule has 3 N–H and O–H groups in total. The third-order valence-corrected chi connectivity index (χ3v) is 3.29. The van der Waals surface area contributed by atoms with Crippen LogP contribution in [-0.2, 0) is 4.74 Å². The zero-order valence-electron chi connectivity index (χ0n) is 11.3. The van der Waals surface area contributed by atoms with Gasteiger partial charge < -0.3 is 15.8 Å². The molecule has 19 heavy (non-hydrogen) atoms. The fraction of sp³-hybridized carbons (Fsp3) is 0.533. The molecule has 1 aromatic carbocycles. The molecule has 1 aromatic rings. The van der Waals surface area contributed by atoms with E-state index in [1.54, 1.807) is 0 Å². The van der Waals surface area contributed by atoms with Gasteiger partial charge in [0.05, 0.1) is 6.10 Å². The van der Waals surface area contributed by atoms with Crippen molar-refractivity contribution in [3.05, 3.63) is 30.3 Å². The van der Waals surface area contributed by atoms with Gasteiger partial charge in [-0.15, -0.1) is 0 Å². The molecule has 0 amide bonds. The summed E-state index contributed by atoms with van der Waals surface area (Å²) in [5, 5.41) is 3.06. The SMILES string of the molecule is NC(=NCCCOC1CCCC1)Nc1ccccc1. The van der Waals surface area contributed by atoms with E-state index in [-0.39, 0.29) is 0 Å². The maximum absolute atomic E-state index is 5.81. The van der Waals surface area contributed by atoms with Crippen molar-refractivity contribution < 1.29 is 4.74 Å². The van der Waals surface area contributed by atoms with Gasteiger partial charge in [0.1, 0.15) is 0 Å². The van der Waals surface area contributed by atoms with Crippen molar-refractivity contribution in [3.8, 4) is 0 Å². The normalized spacial score (nSPS) is 16.7. The molecule has 0 bridgehead atoms. The molecule has 0 saturated heterocycles. The van der Waals surface area contributed by atoms with Crippen molar-refractivity contribution in [2.24, 2.45) is 10.7 Å². The highest BCUT2D eigenvalue weighted by atomic mass is 16.5. The van der Waals surface area contributed by atoms with Gasteiger partial charge in [0.15, 0.2) is 5.96 Å². The Bertz CT molecular complexity index is 386. The minimum atomic E-state index is 0.465. The molecule has 0 radical (unpaired) electrons. The second kappa shape index (κ2) is 7.79. The summed E-state index contributed by atoms with van der Waals surface area (Å²) < 4.78 is 5.77. The molecule has 1 saturated carbocycles. The van der Waals surface area contributed by atoms with E-state index >= 15 is 0 Å². The summed E-state index contributed by atoms with van der Waals surface area (Å²) >= 11 is 0. The van der Waals surface area contributed by atoms with E-state index in [1.807, 2.05) is 30.3 Å². The lowest BCUT2D eigenvalue weighted by Crippen LogP contribution is -2.23. The Labute approximate surface area is 115 Å². The van der Waals surface area contributed by atoms with Gasteiger partial charge in [-0.05, 0) is 31.4 Å². The molecule has 0 spiro atoms. The van der Waals surface area contributed by atoms with Crippen LogP contribution in [-0.4, -0.2) is 25.2 Å². The second-order valence-corrected chi connectivity index (χ2v) is 4.89. The first-order chi connectivity index (χ1) is 9.34. The van der Waals surface area contributed by atoms with Gasteiger partial charge in [-0.3, -0.25) is 4.99 Å². The zero-order chi connectivity index (χ0) is 13.3. The third-order valence-electron chi connectivity index (χ3n) is 3.29. The van der Waals surface area contributed by atoms with Crippen molar-refractivity contribution in [2.45, 2.75) is 38.2 Å². The van der Waals surface area contributed by atoms with E-state index in [9.17, 15) is 0 Å². The van der Waals surface area contributed by atoms with Crippen molar-refractivity contribution in [3.63, 3.8) is 0 Å². The number of nitrogens with one attached hydrogen (secondary N) is 1. The lowest BCUT2D eigenvalue weighted by atomic mass is 10.3. The van der Waals surface area contributed by atoms with Crippen LogP contribution in [0.3, 0.4) is 0 Å². The van der Waals surface area contributed by atoms with Crippen LogP contribution in [0, 0.1) is 0 Å². The topological polar surface area (TPSA) is 59.6 Å². The number of guanidine groups is 1. The maximum Gasteiger partial charge on any atom is 0.193 e. The van der Waals surface area contributed by atoms with E-state index in [2.05, 4.69) is 10.3 Å². The van der Waals surface area contributed by atoms with Crippen LogP contribution in [0.25, 0.3) is 0 Å². The van der Waals surface area contributed by atoms with Gasteiger partial charge in [-0.1, -0.05) is 31.0 Å². The first-order valence-electron chi connectivity index (χ1n) is 7.08. The molecular weight excluding hydrogens is 238 g/mol. The quantitative estimate of drug-likeness (QED) is 0.470. The fourth-order valence-electron chi connectivity index (χ4n) is 2.28. The zero-order valence-corrected chi connectivity index (χ0v) is 11.3. The number of nitrogens with zero attached hydrogens (tertiary/aromatic N) is 1. The Kier molecular flexibility index (Phi) is 5.69. The minimum Gasteiger partial charge on any atom is -0.378 e. The summed E-state index contributed by atoms with van der Waals surface area (Å²) in [6.07, 6.45) is 6.49. The summed E-state index contributed by atoms with van der Waals surface area (Å²) in [7, 11) is 0. The lowest BCUT2D eigenvalue weighted by Gasteiger charge is -2.10. The molecule has 1 aliphatic carbocycles. The van der Waals surface area contributed by atoms with Crippen LogP contribution in [0.1, 0.15) is 32.1 Å². The molecular formula is C15H23N3O. The number of hydrogen-bond donors (Lipinski definition) is 2. The fourth-order valence-corrected chi connectivity index (χ4v) is 2.28. The number of para-hydroxylation sites is 1. The van der Waals surface area contributed by atoms with Crippen molar-refractivity contribution in [1.82, 2.24) is 0 Å². The Morgan fingerprint density at radius 1 is 1.26 bits per heavy atom. The molecule has 4 heteroatoms. The number of ether oxygens (including phenoxy) is 1. The molecule has 4 nitrogen and oxygen atoms in total. The lowest BCUT2D eigenvalue weighted by molar-refractivity contribution is 0.0579. The molecule has 2 rings (SSSR count). The number of benzene rings is 1. The van der Waals surface area contributed by atoms with E-state index in [0.29, 0.717) is 18.6 Å². The van der Waals surface area contributed by atoms with Gasteiger partial charge in [0.25, 0.3) is 0 Å². The predicted octanol–water partition coefficient (Wildman–Crippen LogP) is 2.76. The van der Waals surface area contributed by atoms with Crippen molar-refractivity contribution >= 4 is 11.6 Å². The average Bonchev–Trinajstić information content (AvgIpc) is 2.92. The summed E-state index contributed by atoms with van der Waals surface area (Å²) in [5.74, 6) is 0.465. The molecule has 0 aromatic heterocycles. The first-order valence-corrected chi connectivity index (χ1v) is 7.08. The predicted molar refractivity (Wildman–Crippen MR) is 79.4 cm³/mol. The Morgan fingerprint density at radius 3 is 2.74 bits per heavy atom. The summed E-state index contributed by atoms with van der Waals surface area (Å²) in [4.78, 5) is 4.29. The monoisotopic (exact) mass is 261 g/mol. The van der Waals surface area contributed by atoms with E-state index in [1.165, 1.54) is 25.7 Å². The first kappa shape index (κ1) is 13.9. The van der Waals surface area contributed by atoms with E-state index < -0.39 is 0 Å². The Morgan fingerprint density at radius 2 is 2.00 bits per heavy atom. The third kappa shape index (κ3) is 5.30. The van der Waals surface area contributed by atoms with Gasteiger partial charge >= 0.3 is 0 Å². The summed E-state index contributed by atoms with van der Waals surface area (Å²) in [5.41, 5.74) is 6.77. The van der Waals surface area contributed by atoms with Crippen LogP contribution in [0.5, 0.6) is 0 Å². The van der Waals surface area contributed by atoms with Crippen LogP contribution >= 0.6 is 0 Å².